The summed E-state index contributed by atoms with van der Waals surface area (Å²) in [6.07, 6.45) is 4.00. The molecule has 0 atom stereocenters. The highest BCUT2D eigenvalue weighted by atomic mass is 35.5. The van der Waals surface area contributed by atoms with Crippen LogP contribution in [-0.4, -0.2) is 18.1 Å². The van der Waals surface area contributed by atoms with Gasteiger partial charge in [-0.05, 0) is 30.5 Å². The van der Waals surface area contributed by atoms with Gasteiger partial charge in [0.05, 0.1) is 0 Å². The van der Waals surface area contributed by atoms with Gasteiger partial charge in [0.25, 0.3) is 0 Å². The molecule has 3 heteroatoms. The van der Waals surface area contributed by atoms with Gasteiger partial charge in [0.2, 0.25) is 0 Å². The number of halogens is 1. The van der Waals surface area contributed by atoms with Gasteiger partial charge in [-0.15, -0.1) is 0 Å². The molecule has 0 aromatic heterocycles. The highest BCUT2D eigenvalue weighted by molar-refractivity contribution is 6.30. The van der Waals surface area contributed by atoms with Gasteiger partial charge in [-0.2, -0.15) is 0 Å². The van der Waals surface area contributed by atoms with Crippen LogP contribution in [0.25, 0.3) is 0 Å². The molecule has 1 aliphatic heterocycles. The summed E-state index contributed by atoms with van der Waals surface area (Å²) in [5.74, 6) is 0. The summed E-state index contributed by atoms with van der Waals surface area (Å²) < 4.78 is 0. The quantitative estimate of drug-likeness (QED) is 0.850. The maximum Gasteiger partial charge on any atom is 0.0406 e. The zero-order valence-electron chi connectivity index (χ0n) is 8.88. The summed E-state index contributed by atoms with van der Waals surface area (Å²) in [4.78, 5) is 0. The van der Waals surface area contributed by atoms with Gasteiger partial charge in [0.1, 0.15) is 0 Å². The molecule has 1 saturated heterocycles. The van der Waals surface area contributed by atoms with Crippen LogP contribution >= 0.6 is 11.6 Å². The van der Waals surface area contributed by atoms with Crippen molar-refractivity contribution in [2.75, 3.05) is 13.1 Å². The van der Waals surface area contributed by atoms with E-state index in [1.165, 1.54) is 37.9 Å². The van der Waals surface area contributed by atoms with Crippen LogP contribution in [0.15, 0.2) is 24.3 Å². The number of benzene rings is 1. The zero-order valence-corrected chi connectivity index (χ0v) is 9.63. The SMILES string of the molecule is Clc1ccc(CNN2CCCCC2)cc1. The molecule has 0 radical (unpaired) electrons. The molecule has 2 rings (SSSR count). The van der Waals surface area contributed by atoms with Crippen LogP contribution in [0.5, 0.6) is 0 Å². The lowest BCUT2D eigenvalue weighted by Crippen LogP contribution is -2.41. The molecule has 82 valence electrons. The van der Waals surface area contributed by atoms with Crippen molar-refractivity contribution in [2.24, 2.45) is 0 Å². The Balaban J connectivity index is 1.79. The van der Waals surface area contributed by atoms with E-state index in [4.69, 9.17) is 11.6 Å². The van der Waals surface area contributed by atoms with Crippen LogP contribution in [-0.2, 0) is 6.54 Å². The lowest BCUT2D eigenvalue weighted by Gasteiger charge is -2.27. The maximum absolute atomic E-state index is 5.83. The van der Waals surface area contributed by atoms with Crippen molar-refractivity contribution < 1.29 is 0 Å². The van der Waals surface area contributed by atoms with E-state index in [-0.39, 0.29) is 0 Å². The van der Waals surface area contributed by atoms with Gasteiger partial charge in [0.15, 0.2) is 0 Å². The average molecular weight is 225 g/mol. The number of nitrogens with zero attached hydrogens (tertiary/aromatic N) is 1. The van der Waals surface area contributed by atoms with E-state index in [2.05, 4.69) is 22.6 Å². The van der Waals surface area contributed by atoms with Crippen LogP contribution < -0.4 is 5.43 Å². The zero-order chi connectivity index (χ0) is 10.5. The molecule has 0 amide bonds. The first-order chi connectivity index (χ1) is 7.34. The second-order valence-electron chi connectivity index (χ2n) is 4.01. The third-order valence-electron chi connectivity index (χ3n) is 2.78. The van der Waals surface area contributed by atoms with E-state index in [1.807, 2.05) is 12.1 Å². The van der Waals surface area contributed by atoms with E-state index >= 15 is 0 Å². The van der Waals surface area contributed by atoms with Crippen molar-refractivity contribution in [3.8, 4) is 0 Å². The number of hydrazine groups is 1. The predicted molar refractivity (Wildman–Crippen MR) is 63.7 cm³/mol. The standard InChI is InChI=1S/C12H17ClN2/c13-12-6-4-11(5-7-12)10-14-15-8-2-1-3-9-15/h4-7,14H,1-3,8-10H2. The topological polar surface area (TPSA) is 15.3 Å². The molecule has 0 unspecified atom stereocenters. The number of piperidine rings is 1. The van der Waals surface area contributed by atoms with Crippen LogP contribution in [0.4, 0.5) is 0 Å². The van der Waals surface area contributed by atoms with Gasteiger partial charge in [-0.3, -0.25) is 5.43 Å². The minimum absolute atomic E-state index is 0.803. The van der Waals surface area contributed by atoms with Crippen molar-refractivity contribution in [1.29, 1.82) is 0 Å². The summed E-state index contributed by atoms with van der Waals surface area (Å²) in [5.41, 5.74) is 4.73. The first-order valence-electron chi connectivity index (χ1n) is 5.57. The second kappa shape index (κ2) is 5.50. The highest BCUT2D eigenvalue weighted by Crippen LogP contribution is 2.10. The largest absolute Gasteiger partial charge is 0.251 e. The molecule has 1 aromatic rings. The van der Waals surface area contributed by atoms with E-state index in [0.29, 0.717) is 0 Å². The molecule has 0 aliphatic carbocycles. The third-order valence-corrected chi connectivity index (χ3v) is 3.03. The summed E-state index contributed by atoms with van der Waals surface area (Å²) in [5, 5.41) is 3.12. The summed E-state index contributed by atoms with van der Waals surface area (Å²) in [6, 6.07) is 8.02. The van der Waals surface area contributed by atoms with Gasteiger partial charge >= 0.3 is 0 Å². The van der Waals surface area contributed by atoms with Crippen molar-refractivity contribution in [1.82, 2.24) is 10.4 Å². The van der Waals surface area contributed by atoms with E-state index in [1.54, 1.807) is 0 Å². The van der Waals surface area contributed by atoms with Crippen molar-refractivity contribution >= 4 is 11.6 Å². The van der Waals surface area contributed by atoms with Crippen LogP contribution in [0.1, 0.15) is 24.8 Å². The minimum atomic E-state index is 0.803. The van der Waals surface area contributed by atoms with Crippen molar-refractivity contribution in [3.05, 3.63) is 34.9 Å². The molecule has 15 heavy (non-hydrogen) atoms. The normalized spacial score (nSPS) is 17.9. The molecular formula is C12H17ClN2. The van der Waals surface area contributed by atoms with Gasteiger partial charge in [0, 0.05) is 24.7 Å². The highest BCUT2D eigenvalue weighted by Gasteiger charge is 2.08. The first-order valence-corrected chi connectivity index (χ1v) is 5.95. The van der Waals surface area contributed by atoms with Crippen LogP contribution in [0.2, 0.25) is 5.02 Å². The van der Waals surface area contributed by atoms with E-state index < -0.39 is 0 Å². The Kier molecular flexibility index (Phi) is 4.01. The molecule has 2 nitrogen and oxygen atoms in total. The van der Waals surface area contributed by atoms with Gasteiger partial charge in [-0.25, -0.2) is 5.01 Å². The number of hydrogen-bond donors (Lipinski definition) is 1. The number of hydrogen-bond acceptors (Lipinski definition) is 2. The Hall–Kier alpha value is -0.570. The average Bonchev–Trinajstić information content (AvgIpc) is 2.30. The molecular weight excluding hydrogens is 208 g/mol. The molecule has 1 N–H and O–H groups in total. The Bertz CT molecular complexity index is 291. The van der Waals surface area contributed by atoms with Crippen LogP contribution in [0.3, 0.4) is 0 Å². The smallest absolute Gasteiger partial charge is 0.0406 e. The Morgan fingerprint density at radius 1 is 1.07 bits per heavy atom. The monoisotopic (exact) mass is 224 g/mol. The Morgan fingerprint density at radius 2 is 1.73 bits per heavy atom. The molecule has 0 saturated carbocycles. The lowest BCUT2D eigenvalue weighted by molar-refractivity contribution is 0.151. The fraction of sp³-hybridized carbons (Fsp3) is 0.500. The maximum atomic E-state index is 5.83. The predicted octanol–water partition coefficient (Wildman–Crippen LogP) is 2.83. The summed E-state index contributed by atoms with van der Waals surface area (Å²) in [6.45, 7) is 3.25. The second-order valence-corrected chi connectivity index (χ2v) is 4.45. The molecule has 0 bridgehead atoms. The fourth-order valence-electron chi connectivity index (χ4n) is 1.86. The van der Waals surface area contributed by atoms with Crippen molar-refractivity contribution in [2.45, 2.75) is 25.8 Å². The lowest BCUT2D eigenvalue weighted by atomic mass is 10.2. The fourth-order valence-corrected chi connectivity index (χ4v) is 1.98. The molecule has 1 heterocycles. The van der Waals surface area contributed by atoms with Crippen molar-refractivity contribution in [3.63, 3.8) is 0 Å². The Morgan fingerprint density at radius 3 is 2.40 bits per heavy atom. The van der Waals surface area contributed by atoms with Crippen LogP contribution in [0, 0.1) is 0 Å². The number of rotatable bonds is 3. The molecule has 1 aromatic carbocycles. The van der Waals surface area contributed by atoms with Gasteiger partial charge in [-0.1, -0.05) is 30.2 Å². The molecule has 1 aliphatic rings. The third kappa shape index (κ3) is 3.49. The van der Waals surface area contributed by atoms with E-state index in [9.17, 15) is 0 Å². The Labute approximate surface area is 96.2 Å². The summed E-state index contributed by atoms with van der Waals surface area (Å²) in [7, 11) is 0. The molecule has 1 fully saturated rings. The molecule has 0 spiro atoms. The minimum Gasteiger partial charge on any atom is -0.251 e. The first kappa shape index (κ1) is 10.9. The summed E-state index contributed by atoms with van der Waals surface area (Å²) >= 11 is 5.83. The van der Waals surface area contributed by atoms with Gasteiger partial charge < -0.3 is 0 Å². The van der Waals surface area contributed by atoms with E-state index in [0.717, 1.165) is 11.6 Å². The number of nitrogens with one attached hydrogen (secondary N) is 1.